The van der Waals surface area contributed by atoms with E-state index in [1.807, 2.05) is 0 Å². The van der Waals surface area contributed by atoms with Crippen LogP contribution in [-0.4, -0.2) is 25.2 Å². The van der Waals surface area contributed by atoms with Crippen molar-refractivity contribution in [3.05, 3.63) is 11.3 Å². The van der Waals surface area contributed by atoms with Gasteiger partial charge in [0.1, 0.15) is 5.76 Å². The Bertz CT molecular complexity index is 343. The molecule has 1 aliphatic rings. The first kappa shape index (κ1) is 12.5. The number of hydrogen-bond acceptors (Lipinski definition) is 4. The summed E-state index contributed by atoms with van der Waals surface area (Å²) in [4.78, 5) is 21.6. The molecule has 0 saturated carbocycles. The van der Waals surface area contributed by atoms with Gasteiger partial charge in [0.25, 0.3) is 0 Å². The molecule has 0 unspecified atom stereocenters. The largest absolute Gasteiger partial charge is 0.491 e. The van der Waals surface area contributed by atoms with E-state index in [4.69, 9.17) is 0 Å². The van der Waals surface area contributed by atoms with Crippen molar-refractivity contribution < 1.29 is 32.2 Å². The fraction of sp³-hybridized carbons (Fsp3) is 0.556. The molecule has 0 aromatic heterocycles. The summed E-state index contributed by atoms with van der Waals surface area (Å²) in [6.45, 7) is 0. The minimum absolute atomic E-state index is 0.0000926. The highest BCUT2D eigenvalue weighted by Crippen LogP contribution is 2.30. The van der Waals surface area contributed by atoms with Crippen molar-refractivity contribution in [2.24, 2.45) is 0 Å². The third kappa shape index (κ3) is 2.74. The summed E-state index contributed by atoms with van der Waals surface area (Å²) < 4.78 is 44.2. The molecular formula is C9H9F3O4. The number of hydrogen-bond donors (Lipinski definition) is 0. The van der Waals surface area contributed by atoms with Crippen molar-refractivity contribution in [3.63, 3.8) is 0 Å². The van der Waals surface area contributed by atoms with Crippen LogP contribution in [0.2, 0.25) is 0 Å². The highest BCUT2D eigenvalue weighted by Gasteiger charge is 2.42. The smallest absolute Gasteiger partial charge is 0.466 e. The van der Waals surface area contributed by atoms with E-state index in [1.54, 1.807) is 0 Å². The Morgan fingerprint density at radius 1 is 1.25 bits per heavy atom. The second-order valence-corrected chi connectivity index (χ2v) is 3.13. The monoisotopic (exact) mass is 238 g/mol. The second-order valence-electron chi connectivity index (χ2n) is 3.13. The molecule has 0 heterocycles. The molecular weight excluding hydrogens is 229 g/mol. The van der Waals surface area contributed by atoms with E-state index in [0.29, 0.717) is 6.42 Å². The number of alkyl halides is 3. The van der Waals surface area contributed by atoms with Gasteiger partial charge < -0.3 is 9.47 Å². The van der Waals surface area contributed by atoms with Gasteiger partial charge >= 0.3 is 18.1 Å². The third-order valence-corrected chi connectivity index (χ3v) is 2.05. The number of esters is 2. The van der Waals surface area contributed by atoms with Gasteiger partial charge in [0.2, 0.25) is 0 Å². The average Bonchev–Trinajstić information content (AvgIpc) is 2.63. The first-order valence-electron chi connectivity index (χ1n) is 4.45. The quantitative estimate of drug-likeness (QED) is 0.687. The molecule has 7 heteroatoms. The molecule has 0 aromatic carbocycles. The molecule has 0 radical (unpaired) electrons. The zero-order valence-electron chi connectivity index (χ0n) is 8.39. The predicted octanol–water partition coefficient (Wildman–Crippen LogP) is 1.70. The summed E-state index contributed by atoms with van der Waals surface area (Å²) >= 11 is 0. The molecule has 0 amide bonds. The van der Waals surface area contributed by atoms with Crippen molar-refractivity contribution in [1.29, 1.82) is 0 Å². The fourth-order valence-corrected chi connectivity index (χ4v) is 1.34. The molecule has 0 saturated heterocycles. The molecule has 16 heavy (non-hydrogen) atoms. The minimum atomic E-state index is -5.06. The SMILES string of the molecule is COC(=O)C1=C(OC(=O)C(F)(F)F)CCC1. The van der Waals surface area contributed by atoms with Crippen LogP contribution in [0.15, 0.2) is 11.3 Å². The maximum atomic E-state index is 11.9. The number of rotatable bonds is 2. The minimum Gasteiger partial charge on any atom is -0.466 e. The number of carbonyl (C=O) groups is 2. The number of ether oxygens (including phenoxy) is 2. The molecule has 90 valence electrons. The number of allylic oxidation sites excluding steroid dienone is 1. The Labute approximate surface area is 89.0 Å². The van der Waals surface area contributed by atoms with Gasteiger partial charge in [-0.15, -0.1) is 0 Å². The molecule has 0 N–H and O–H groups in total. The van der Waals surface area contributed by atoms with E-state index in [-0.39, 0.29) is 24.2 Å². The van der Waals surface area contributed by atoms with Gasteiger partial charge in [-0.3, -0.25) is 0 Å². The lowest BCUT2D eigenvalue weighted by molar-refractivity contribution is -0.195. The highest BCUT2D eigenvalue weighted by molar-refractivity contribution is 5.90. The molecule has 1 aliphatic carbocycles. The first-order chi connectivity index (χ1) is 7.36. The summed E-state index contributed by atoms with van der Waals surface area (Å²) in [5, 5.41) is 0. The number of carbonyl (C=O) groups excluding carboxylic acids is 2. The zero-order valence-corrected chi connectivity index (χ0v) is 8.39. The van der Waals surface area contributed by atoms with Crippen LogP contribution in [0.4, 0.5) is 13.2 Å². The Morgan fingerprint density at radius 2 is 1.88 bits per heavy atom. The summed E-state index contributed by atoms with van der Waals surface area (Å²) in [6.07, 6.45) is -4.21. The second kappa shape index (κ2) is 4.54. The lowest BCUT2D eigenvalue weighted by Gasteiger charge is -2.08. The van der Waals surface area contributed by atoms with E-state index in [9.17, 15) is 22.8 Å². The van der Waals surface area contributed by atoms with Gasteiger partial charge in [-0.2, -0.15) is 13.2 Å². The molecule has 0 bridgehead atoms. The predicted molar refractivity (Wildman–Crippen MR) is 45.0 cm³/mol. The topological polar surface area (TPSA) is 52.6 Å². The van der Waals surface area contributed by atoms with Gasteiger partial charge in [-0.1, -0.05) is 0 Å². The Morgan fingerprint density at radius 3 is 2.38 bits per heavy atom. The Balaban J connectivity index is 2.79. The van der Waals surface area contributed by atoms with Crippen molar-refractivity contribution in [2.45, 2.75) is 25.4 Å². The number of methoxy groups -OCH3 is 1. The molecule has 0 atom stereocenters. The molecule has 4 nitrogen and oxygen atoms in total. The van der Waals surface area contributed by atoms with Crippen LogP contribution in [0.1, 0.15) is 19.3 Å². The van der Waals surface area contributed by atoms with Crippen LogP contribution < -0.4 is 0 Å². The van der Waals surface area contributed by atoms with Crippen LogP contribution in [0.25, 0.3) is 0 Å². The lowest BCUT2D eigenvalue weighted by atomic mass is 10.2. The summed E-state index contributed by atoms with van der Waals surface area (Å²) in [5.74, 6) is -3.32. The highest BCUT2D eigenvalue weighted by atomic mass is 19.4. The van der Waals surface area contributed by atoms with Gasteiger partial charge in [0, 0.05) is 6.42 Å². The molecule has 0 fully saturated rings. The molecule has 0 aliphatic heterocycles. The summed E-state index contributed by atoms with van der Waals surface area (Å²) in [5.41, 5.74) is 0.0000926. The number of halogens is 3. The molecule has 0 spiro atoms. The van der Waals surface area contributed by atoms with Crippen LogP contribution in [0, 0.1) is 0 Å². The van der Waals surface area contributed by atoms with Crippen LogP contribution in [0.5, 0.6) is 0 Å². The molecule has 1 rings (SSSR count). The zero-order chi connectivity index (χ0) is 12.3. The summed E-state index contributed by atoms with van der Waals surface area (Å²) in [6, 6.07) is 0. The van der Waals surface area contributed by atoms with Crippen LogP contribution in [0.3, 0.4) is 0 Å². The normalized spacial score (nSPS) is 16.2. The average molecular weight is 238 g/mol. The van der Waals surface area contributed by atoms with Crippen molar-refractivity contribution in [3.8, 4) is 0 Å². The Kier molecular flexibility index (Phi) is 3.56. The van der Waals surface area contributed by atoms with Crippen LogP contribution >= 0.6 is 0 Å². The van der Waals surface area contributed by atoms with Crippen LogP contribution in [-0.2, 0) is 19.1 Å². The first-order valence-corrected chi connectivity index (χ1v) is 4.45. The van der Waals surface area contributed by atoms with Crippen molar-refractivity contribution in [1.82, 2.24) is 0 Å². The van der Waals surface area contributed by atoms with Crippen molar-refractivity contribution >= 4 is 11.9 Å². The van der Waals surface area contributed by atoms with Gasteiger partial charge in [-0.25, -0.2) is 9.59 Å². The van der Waals surface area contributed by atoms with Crippen molar-refractivity contribution in [2.75, 3.05) is 7.11 Å². The standard InChI is InChI=1S/C9H9F3O4/c1-15-7(13)5-3-2-4-6(5)16-8(14)9(10,11)12/h2-4H2,1H3. The third-order valence-electron chi connectivity index (χ3n) is 2.05. The lowest BCUT2D eigenvalue weighted by Crippen LogP contribution is -2.25. The van der Waals surface area contributed by atoms with Gasteiger partial charge in [0.05, 0.1) is 12.7 Å². The van der Waals surface area contributed by atoms with E-state index in [0.717, 1.165) is 7.11 Å². The van der Waals surface area contributed by atoms with Gasteiger partial charge in [0.15, 0.2) is 0 Å². The maximum Gasteiger partial charge on any atom is 0.491 e. The van der Waals surface area contributed by atoms with Gasteiger partial charge in [-0.05, 0) is 12.8 Å². The fourth-order valence-electron chi connectivity index (χ4n) is 1.34. The van der Waals surface area contributed by atoms with E-state index in [2.05, 4.69) is 9.47 Å². The van der Waals surface area contributed by atoms with E-state index < -0.39 is 18.1 Å². The summed E-state index contributed by atoms with van der Waals surface area (Å²) in [7, 11) is 1.11. The Hall–Kier alpha value is -1.53. The molecule has 0 aromatic rings. The van der Waals surface area contributed by atoms with E-state index >= 15 is 0 Å². The van der Waals surface area contributed by atoms with E-state index in [1.165, 1.54) is 0 Å². The maximum absolute atomic E-state index is 11.9.